The van der Waals surface area contributed by atoms with Crippen LogP contribution in [0.1, 0.15) is 36.8 Å². The molecule has 0 aliphatic heterocycles. The topological polar surface area (TPSA) is 25.8 Å². The maximum Gasteiger partial charge on any atom is 0.116 e. The molecule has 2 aliphatic rings. The predicted octanol–water partition coefficient (Wildman–Crippen LogP) is 3.51. The second-order valence-corrected chi connectivity index (χ2v) is 5.61. The minimum absolute atomic E-state index is 0.324. The zero-order chi connectivity index (χ0) is 12.0. The van der Waals surface area contributed by atoms with Crippen LogP contribution < -0.4 is 0 Å². The summed E-state index contributed by atoms with van der Waals surface area (Å²) in [5.41, 5.74) is 5.67. The largest absolute Gasteiger partial charge is 0.244 e. The number of hydrogen-bond acceptors (Lipinski definition) is 2. The molecule has 1 saturated carbocycles. The van der Waals surface area contributed by atoms with Crippen molar-refractivity contribution in [2.45, 2.75) is 37.5 Å². The second-order valence-electron chi connectivity index (χ2n) is 5.61. The van der Waals surface area contributed by atoms with Gasteiger partial charge in [-0.05, 0) is 24.8 Å². The molecule has 0 saturated heterocycles. The third-order valence-corrected chi connectivity index (χ3v) is 4.65. The Balaban J connectivity index is 2.00. The van der Waals surface area contributed by atoms with Gasteiger partial charge < -0.3 is 0 Å². The summed E-state index contributed by atoms with van der Waals surface area (Å²) < 4.78 is 0. The second kappa shape index (κ2) is 3.64. The first-order valence-electron chi connectivity index (χ1n) is 6.78. The number of fused-ring (bicyclic) bond motifs is 4. The maximum absolute atomic E-state index is 4.57. The summed E-state index contributed by atoms with van der Waals surface area (Å²) in [6, 6.07) is 8.72. The molecule has 18 heavy (non-hydrogen) atoms. The van der Waals surface area contributed by atoms with Crippen LogP contribution >= 0.6 is 0 Å². The predicted molar refractivity (Wildman–Crippen MR) is 71.3 cm³/mol. The van der Waals surface area contributed by atoms with Gasteiger partial charge in [-0.3, -0.25) is 0 Å². The first-order chi connectivity index (χ1) is 8.89. The SMILES string of the molecule is c1ccc2c(c1)CC1(CCCC1)c1cncnc1-2. The molecule has 1 fully saturated rings. The average Bonchev–Trinajstić information content (AvgIpc) is 2.89. The summed E-state index contributed by atoms with van der Waals surface area (Å²) in [7, 11) is 0. The zero-order valence-corrected chi connectivity index (χ0v) is 10.4. The lowest BCUT2D eigenvalue weighted by molar-refractivity contribution is 0.430. The average molecular weight is 236 g/mol. The van der Waals surface area contributed by atoms with Crippen molar-refractivity contribution in [1.82, 2.24) is 9.97 Å². The Morgan fingerprint density at radius 1 is 1.06 bits per heavy atom. The van der Waals surface area contributed by atoms with E-state index in [-0.39, 0.29) is 0 Å². The first-order valence-corrected chi connectivity index (χ1v) is 6.78. The van der Waals surface area contributed by atoms with E-state index in [0.717, 1.165) is 0 Å². The van der Waals surface area contributed by atoms with Crippen molar-refractivity contribution in [3.8, 4) is 11.3 Å². The third-order valence-electron chi connectivity index (χ3n) is 4.65. The van der Waals surface area contributed by atoms with Crippen molar-refractivity contribution < 1.29 is 0 Å². The lowest BCUT2D eigenvalue weighted by atomic mass is 9.69. The molecule has 2 aromatic rings. The van der Waals surface area contributed by atoms with Crippen molar-refractivity contribution in [2.24, 2.45) is 0 Å². The molecule has 0 atom stereocenters. The summed E-state index contributed by atoms with van der Waals surface area (Å²) >= 11 is 0. The number of nitrogens with zero attached hydrogens (tertiary/aromatic N) is 2. The van der Waals surface area contributed by atoms with Crippen LogP contribution in [-0.4, -0.2) is 9.97 Å². The molecule has 2 aliphatic carbocycles. The van der Waals surface area contributed by atoms with Crippen molar-refractivity contribution in [2.75, 3.05) is 0 Å². The van der Waals surface area contributed by atoms with E-state index < -0.39 is 0 Å². The molecular formula is C16H16N2. The molecule has 0 bridgehead atoms. The fourth-order valence-corrected chi connectivity index (χ4v) is 3.80. The number of aromatic nitrogens is 2. The van der Waals surface area contributed by atoms with E-state index in [9.17, 15) is 0 Å². The molecule has 0 N–H and O–H groups in total. The van der Waals surface area contributed by atoms with Crippen molar-refractivity contribution in [3.05, 3.63) is 47.9 Å². The van der Waals surface area contributed by atoms with Crippen LogP contribution in [0.3, 0.4) is 0 Å². The Hall–Kier alpha value is -1.70. The highest BCUT2D eigenvalue weighted by Crippen LogP contribution is 2.50. The molecule has 0 unspecified atom stereocenters. The standard InChI is InChI=1S/C16H16N2/c1-2-6-13-12(5-1)9-16(7-3-4-8-16)14-10-17-11-18-15(13)14/h1-2,5-6,10-11H,3-4,7-9H2. The molecule has 1 aromatic carbocycles. The molecule has 0 amide bonds. The van der Waals surface area contributed by atoms with E-state index in [1.54, 1.807) is 6.33 Å². The van der Waals surface area contributed by atoms with Crippen LogP contribution in [0.15, 0.2) is 36.8 Å². The lowest BCUT2D eigenvalue weighted by Gasteiger charge is -2.35. The molecule has 2 nitrogen and oxygen atoms in total. The first kappa shape index (κ1) is 10.2. The van der Waals surface area contributed by atoms with Crippen LogP contribution in [0, 0.1) is 0 Å². The van der Waals surface area contributed by atoms with Crippen molar-refractivity contribution in [3.63, 3.8) is 0 Å². The minimum Gasteiger partial charge on any atom is -0.244 e. The summed E-state index contributed by atoms with van der Waals surface area (Å²) in [5.74, 6) is 0. The Morgan fingerprint density at radius 3 is 2.78 bits per heavy atom. The minimum atomic E-state index is 0.324. The van der Waals surface area contributed by atoms with Gasteiger partial charge in [0.05, 0.1) is 5.69 Å². The van der Waals surface area contributed by atoms with Gasteiger partial charge in [0.2, 0.25) is 0 Å². The van der Waals surface area contributed by atoms with Crippen LogP contribution in [0.4, 0.5) is 0 Å². The van der Waals surface area contributed by atoms with Crippen LogP contribution in [0.25, 0.3) is 11.3 Å². The van der Waals surface area contributed by atoms with Gasteiger partial charge in [-0.2, -0.15) is 0 Å². The van der Waals surface area contributed by atoms with E-state index in [2.05, 4.69) is 40.4 Å². The zero-order valence-electron chi connectivity index (χ0n) is 10.4. The van der Waals surface area contributed by atoms with Gasteiger partial charge in [0.1, 0.15) is 6.33 Å². The van der Waals surface area contributed by atoms with Gasteiger partial charge in [-0.15, -0.1) is 0 Å². The molecule has 2 heteroatoms. The van der Waals surface area contributed by atoms with Crippen molar-refractivity contribution in [1.29, 1.82) is 0 Å². The summed E-state index contributed by atoms with van der Waals surface area (Å²) in [4.78, 5) is 8.85. The van der Waals surface area contributed by atoms with Gasteiger partial charge in [0, 0.05) is 22.7 Å². The van der Waals surface area contributed by atoms with E-state index in [4.69, 9.17) is 0 Å². The Labute approximate surface area is 107 Å². The monoisotopic (exact) mass is 236 g/mol. The molecule has 4 rings (SSSR count). The molecule has 1 heterocycles. The van der Waals surface area contributed by atoms with E-state index >= 15 is 0 Å². The van der Waals surface area contributed by atoms with Crippen LogP contribution in [0.5, 0.6) is 0 Å². The highest BCUT2D eigenvalue weighted by atomic mass is 14.8. The fourth-order valence-electron chi connectivity index (χ4n) is 3.80. The van der Waals surface area contributed by atoms with Crippen molar-refractivity contribution >= 4 is 0 Å². The lowest BCUT2D eigenvalue weighted by Crippen LogP contribution is -2.30. The summed E-state index contributed by atoms with van der Waals surface area (Å²) in [5, 5.41) is 0. The Bertz CT molecular complexity index is 598. The third kappa shape index (κ3) is 1.29. The number of rotatable bonds is 0. The van der Waals surface area contributed by atoms with Crippen LogP contribution in [-0.2, 0) is 11.8 Å². The maximum atomic E-state index is 4.57. The van der Waals surface area contributed by atoms with E-state index in [1.165, 1.54) is 54.5 Å². The Kier molecular flexibility index (Phi) is 2.07. The molecule has 1 aromatic heterocycles. The molecule has 0 radical (unpaired) electrons. The smallest absolute Gasteiger partial charge is 0.116 e. The molecule has 90 valence electrons. The fraction of sp³-hybridized carbons (Fsp3) is 0.375. The molecule has 1 spiro atoms. The van der Waals surface area contributed by atoms with Gasteiger partial charge in [0.25, 0.3) is 0 Å². The van der Waals surface area contributed by atoms with Gasteiger partial charge in [-0.25, -0.2) is 9.97 Å². The van der Waals surface area contributed by atoms with E-state index in [0.29, 0.717) is 5.41 Å². The number of benzene rings is 1. The highest BCUT2D eigenvalue weighted by Gasteiger charge is 2.41. The summed E-state index contributed by atoms with van der Waals surface area (Å²) in [6.07, 6.45) is 10.2. The van der Waals surface area contributed by atoms with Crippen LogP contribution in [0.2, 0.25) is 0 Å². The van der Waals surface area contributed by atoms with Gasteiger partial charge in [-0.1, -0.05) is 37.1 Å². The summed E-state index contributed by atoms with van der Waals surface area (Å²) in [6.45, 7) is 0. The molecular weight excluding hydrogens is 220 g/mol. The van der Waals surface area contributed by atoms with E-state index in [1.807, 2.05) is 0 Å². The normalized spacial score (nSPS) is 19.6. The number of hydrogen-bond donors (Lipinski definition) is 0. The quantitative estimate of drug-likeness (QED) is 0.699. The van der Waals surface area contributed by atoms with Gasteiger partial charge >= 0.3 is 0 Å². The van der Waals surface area contributed by atoms with Gasteiger partial charge in [0.15, 0.2) is 0 Å². The highest BCUT2D eigenvalue weighted by molar-refractivity contribution is 5.71. The Morgan fingerprint density at radius 2 is 1.89 bits per heavy atom.